The summed E-state index contributed by atoms with van der Waals surface area (Å²) in [7, 11) is 0. The molecule has 0 bridgehead atoms. The number of morpholine rings is 1. The molecule has 0 saturated carbocycles. The molecule has 3 rings (SSSR count). The lowest BCUT2D eigenvalue weighted by Crippen LogP contribution is -2.36. The minimum Gasteiger partial charge on any atom is -0.378 e. The van der Waals surface area contributed by atoms with Crippen LogP contribution in [0.1, 0.15) is 31.1 Å². The van der Waals surface area contributed by atoms with Crippen molar-refractivity contribution in [3.8, 4) is 0 Å². The number of carbonyl (C=O) groups excluding carboxylic acids is 1. The topological polar surface area (TPSA) is 59.4 Å². The van der Waals surface area contributed by atoms with Crippen LogP contribution in [0.2, 0.25) is 0 Å². The van der Waals surface area contributed by atoms with Crippen LogP contribution in [-0.4, -0.2) is 42.0 Å². The minimum atomic E-state index is -0.431. The van der Waals surface area contributed by atoms with Crippen LogP contribution < -0.4 is 10.2 Å². The van der Waals surface area contributed by atoms with Gasteiger partial charge in [-0.25, -0.2) is 4.39 Å². The second-order valence-corrected chi connectivity index (χ2v) is 7.10. The van der Waals surface area contributed by atoms with E-state index in [0.717, 1.165) is 0 Å². The number of aromatic nitrogens is 2. The highest BCUT2D eigenvalue weighted by molar-refractivity contribution is 6.04. The Morgan fingerprint density at radius 2 is 1.96 bits per heavy atom. The summed E-state index contributed by atoms with van der Waals surface area (Å²) in [6, 6.07) is 4.39. The van der Waals surface area contributed by atoms with E-state index >= 15 is 0 Å². The average Bonchev–Trinajstić information content (AvgIpc) is 3.04. The lowest BCUT2D eigenvalue weighted by Gasteiger charge is -2.29. The molecule has 25 heavy (non-hydrogen) atoms. The number of halogens is 1. The van der Waals surface area contributed by atoms with Gasteiger partial charge in [0.15, 0.2) is 0 Å². The Labute approximate surface area is 146 Å². The van der Waals surface area contributed by atoms with Gasteiger partial charge in [0.2, 0.25) is 0 Å². The van der Waals surface area contributed by atoms with Gasteiger partial charge in [0.1, 0.15) is 5.82 Å². The standard InChI is InChI=1S/C18H23FN4O2/c1-18(2,3)23-12-15(11-20-23)21-17(24)13-8-14(19)10-16(9-13)22-4-6-25-7-5-22/h8-12H,4-7H2,1-3H3,(H,21,24). The lowest BCUT2D eigenvalue weighted by molar-refractivity contribution is 0.102. The molecule has 1 aliphatic heterocycles. The number of nitrogens with one attached hydrogen (secondary N) is 1. The van der Waals surface area contributed by atoms with E-state index in [1.54, 1.807) is 23.1 Å². The maximum absolute atomic E-state index is 14.0. The molecule has 1 fully saturated rings. The number of ether oxygens (including phenoxy) is 1. The average molecular weight is 346 g/mol. The summed E-state index contributed by atoms with van der Waals surface area (Å²) in [5.41, 5.74) is 1.38. The molecule has 1 aromatic heterocycles. The molecule has 6 nitrogen and oxygen atoms in total. The molecule has 0 unspecified atom stereocenters. The van der Waals surface area contributed by atoms with Gasteiger partial charge >= 0.3 is 0 Å². The summed E-state index contributed by atoms with van der Waals surface area (Å²) >= 11 is 0. The first-order valence-electron chi connectivity index (χ1n) is 8.33. The minimum absolute atomic E-state index is 0.175. The highest BCUT2D eigenvalue weighted by atomic mass is 19.1. The highest BCUT2D eigenvalue weighted by Crippen LogP contribution is 2.21. The fraction of sp³-hybridized carbons (Fsp3) is 0.444. The van der Waals surface area contributed by atoms with Gasteiger partial charge < -0.3 is 15.0 Å². The third kappa shape index (κ3) is 4.17. The maximum Gasteiger partial charge on any atom is 0.255 e. The molecule has 1 amide bonds. The SMILES string of the molecule is CC(C)(C)n1cc(NC(=O)c2cc(F)cc(N3CCOCC3)c2)cn1. The first-order chi connectivity index (χ1) is 11.8. The number of hydrogen-bond acceptors (Lipinski definition) is 4. The van der Waals surface area contributed by atoms with Crippen molar-refractivity contribution in [2.24, 2.45) is 0 Å². The number of hydrogen-bond donors (Lipinski definition) is 1. The van der Waals surface area contributed by atoms with Gasteiger partial charge in [0, 0.05) is 30.5 Å². The van der Waals surface area contributed by atoms with Crippen molar-refractivity contribution in [2.75, 3.05) is 36.5 Å². The van der Waals surface area contributed by atoms with E-state index < -0.39 is 5.82 Å². The van der Waals surface area contributed by atoms with Crippen LogP contribution in [0.4, 0.5) is 15.8 Å². The Bertz CT molecular complexity index is 761. The Balaban J connectivity index is 1.77. The van der Waals surface area contributed by atoms with Crippen LogP contribution in [-0.2, 0) is 10.3 Å². The van der Waals surface area contributed by atoms with Crippen LogP contribution in [0.5, 0.6) is 0 Å². The second kappa shape index (κ2) is 6.84. The third-order valence-electron chi connectivity index (χ3n) is 4.05. The van der Waals surface area contributed by atoms with E-state index in [1.165, 1.54) is 12.1 Å². The van der Waals surface area contributed by atoms with Crippen LogP contribution in [0.3, 0.4) is 0 Å². The second-order valence-electron chi connectivity index (χ2n) is 7.10. The van der Waals surface area contributed by atoms with E-state index in [0.29, 0.717) is 37.7 Å². The van der Waals surface area contributed by atoms with Gasteiger partial charge in [0.05, 0.1) is 30.6 Å². The van der Waals surface area contributed by atoms with Crippen molar-refractivity contribution in [1.82, 2.24) is 9.78 Å². The number of amides is 1. The highest BCUT2D eigenvalue weighted by Gasteiger charge is 2.17. The molecular weight excluding hydrogens is 323 g/mol. The van der Waals surface area contributed by atoms with E-state index in [9.17, 15) is 9.18 Å². The van der Waals surface area contributed by atoms with Crippen molar-refractivity contribution in [3.05, 3.63) is 42.0 Å². The van der Waals surface area contributed by atoms with Gasteiger partial charge in [-0.3, -0.25) is 9.48 Å². The summed E-state index contributed by atoms with van der Waals surface area (Å²) in [6.07, 6.45) is 3.35. The number of anilines is 2. The van der Waals surface area contributed by atoms with E-state index in [-0.39, 0.29) is 17.0 Å². The molecule has 1 aliphatic rings. The summed E-state index contributed by atoms with van der Waals surface area (Å²) in [5.74, 6) is -0.790. The zero-order valence-corrected chi connectivity index (χ0v) is 14.8. The zero-order valence-electron chi connectivity index (χ0n) is 14.8. The first-order valence-corrected chi connectivity index (χ1v) is 8.33. The van der Waals surface area contributed by atoms with Crippen LogP contribution in [0.25, 0.3) is 0 Å². The molecule has 2 aromatic rings. The van der Waals surface area contributed by atoms with Crippen molar-refractivity contribution in [2.45, 2.75) is 26.3 Å². The molecule has 0 atom stereocenters. The van der Waals surface area contributed by atoms with Gasteiger partial charge in [-0.05, 0) is 39.0 Å². The molecule has 0 radical (unpaired) electrons. The normalized spacial score (nSPS) is 15.3. The predicted molar refractivity (Wildman–Crippen MR) is 94.6 cm³/mol. The number of rotatable bonds is 3. The van der Waals surface area contributed by atoms with E-state index in [1.807, 2.05) is 25.7 Å². The molecule has 0 aliphatic carbocycles. The van der Waals surface area contributed by atoms with Crippen molar-refractivity contribution < 1.29 is 13.9 Å². The van der Waals surface area contributed by atoms with Gasteiger partial charge in [-0.15, -0.1) is 0 Å². The number of benzene rings is 1. The molecule has 2 heterocycles. The maximum atomic E-state index is 14.0. The summed E-state index contributed by atoms with van der Waals surface area (Å²) in [6.45, 7) is 8.63. The number of carbonyl (C=O) groups is 1. The zero-order chi connectivity index (χ0) is 18.0. The fourth-order valence-electron chi connectivity index (χ4n) is 2.67. The van der Waals surface area contributed by atoms with Gasteiger partial charge in [0.25, 0.3) is 5.91 Å². The van der Waals surface area contributed by atoms with Gasteiger partial charge in [-0.1, -0.05) is 0 Å². The van der Waals surface area contributed by atoms with Crippen LogP contribution in [0, 0.1) is 5.82 Å². The van der Waals surface area contributed by atoms with Crippen LogP contribution >= 0.6 is 0 Å². The predicted octanol–water partition coefficient (Wildman–Crippen LogP) is 2.87. The lowest BCUT2D eigenvalue weighted by atomic mass is 10.1. The summed E-state index contributed by atoms with van der Waals surface area (Å²) in [5, 5.41) is 7.02. The van der Waals surface area contributed by atoms with Crippen LogP contribution in [0.15, 0.2) is 30.6 Å². The molecular formula is C18H23FN4O2. The summed E-state index contributed by atoms with van der Waals surface area (Å²) < 4.78 is 21.1. The van der Waals surface area contributed by atoms with Crippen molar-refractivity contribution in [1.29, 1.82) is 0 Å². The number of nitrogens with zero attached hydrogens (tertiary/aromatic N) is 3. The molecule has 0 spiro atoms. The first kappa shape index (κ1) is 17.4. The van der Waals surface area contributed by atoms with Crippen molar-refractivity contribution >= 4 is 17.3 Å². The van der Waals surface area contributed by atoms with Crippen molar-refractivity contribution in [3.63, 3.8) is 0 Å². The monoisotopic (exact) mass is 346 g/mol. The molecule has 7 heteroatoms. The van der Waals surface area contributed by atoms with E-state index in [4.69, 9.17) is 4.74 Å². The Hall–Kier alpha value is -2.41. The van der Waals surface area contributed by atoms with E-state index in [2.05, 4.69) is 10.4 Å². The Morgan fingerprint density at radius 3 is 2.60 bits per heavy atom. The molecule has 1 aromatic carbocycles. The Kier molecular flexibility index (Phi) is 4.76. The Morgan fingerprint density at radius 1 is 1.24 bits per heavy atom. The molecule has 1 saturated heterocycles. The molecule has 1 N–H and O–H groups in total. The third-order valence-corrected chi connectivity index (χ3v) is 4.05. The fourth-order valence-corrected chi connectivity index (χ4v) is 2.67. The quantitative estimate of drug-likeness (QED) is 0.928. The molecule has 134 valence electrons. The summed E-state index contributed by atoms with van der Waals surface area (Å²) in [4.78, 5) is 14.5. The largest absolute Gasteiger partial charge is 0.378 e. The smallest absolute Gasteiger partial charge is 0.255 e. The van der Waals surface area contributed by atoms with Gasteiger partial charge in [-0.2, -0.15) is 5.10 Å².